The number of rotatable bonds is 5. The fraction of sp³-hybridized carbons (Fsp3) is 0.818. The third-order valence-electron chi connectivity index (χ3n) is 3.33. The summed E-state index contributed by atoms with van der Waals surface area (Å²) >= 11 is 0. The van der Waals surface area contributed by atoms with E-state index in [0.29, 0.717) is 19.4 Å². The van der Waals surface area contributed by atoms with Crippen LogP contribution in [-0.4, -0.2) is 29.9 Å². The van der Waals surface area contributed by atoms with Crippen molar-refractivity contribution in [3.8, 4) is 0 Å². The summed E-state index contributed by atoms with van der Waals surface area (Å²) in [5, 5.41) is 5.44. The Bertz CT molecular complexity index is 280. The smallest absolute Gasteiger partial charge is 0.242 e. The van der Waals surface area contributed by atoms with Gasteiger partial charge in [-0.15, -0.1) is 12.4 Å². The first-order valence-corrected chi connectivity index (χ1v) is 5.86. The minimum atomic E-state index is -0.370. The number of carbonyl (C=O) groups is 2. The van der Waals surface area contributed by atoms with Gasteiger partial charge in [0.2, 0.25) is 11.8 Å². The second-order valence-electron chi connectivity index (χ2n) is 4.45. The van der Waals surface area contributed by atoms with Crippen molar-refractivity contribution < 1.29 is 9.59 Å². The van der Waals surface area contributed by atoms with Crippen LogP contribution in [0.15, 0.2) is 0 Å². The first kappa shape index (κ1) is 16.2. The summed E-state index contributed by atoms with van der Waals surface area (Å²) in [5.74, 6) is -0.173. The Labute approximate surface area is 108 Å². The molecule has 100 valence electrons. The van der Waals surface area contributed by atoms with Gasteiger partial charge < -0.3 is 16.4 Å². The fourth-order valence-corrected chi connectivity index (χ4v) is 1.70. The van der Waals surface area contributed by atoms with Gasteiger partial charge in [-0.2, -0.15) is 0 Å². The molecule has 1 fully saturated rings. The number of nitrogens with one attached hydrogen (secondary N) is 2. The van der Waals surface area contributed by atoms with Gasteiger partial charge in [-0.1, -0.05) is 13.8 Å². The molecule has 1 saturated heterocycles. The number of halogens is 1. The van der Waals surface area contributed by atoms with Gasteiger partial charge in [0, 0.05) is 18.5 Å². The molecule has 2 amide bonds. The monoisotopic (exact) mass is 263 g/mol. The molecule has 1 rings (SSSR count). The summed E-state index contributed by atoms with van der Waals surface area (Å²) in [4.78, 5) is 22.6. The first-order valence-electron chi connectivity index (χ1n) is 5.86. The van der Waals surface area contributed by atoms with E-state index in [0.717, 1.165) is 12.8 Å². The number of nitrogens with two attached hydrogens (primary N) is 1. The van der Waals surface area contributed by atoms with Crippen LogP contribution < -0.4 is 16.4 Å². The summed E-state index contributed by atoms with van der Waals surface area (Å²) in [7, 11) is 0. The zero-order valence-corrected chi connectivity index (χ0v) is 11.2. The van der Waals surface area contributed by atoms with Crippen LogP contribution in [0.25, 0.3) is 0 Å². The molecular formula is C11H22ClN3O2. The molecule has 0 aromatic rings. The zero-order valence-electron chi connectivity index (χ0n) is 10.4. The van der Waals surface area contributed by atoms with Crippen LogP contribution in [0.1, 0.15) is 39.5 Å². The molecule has 17 heavy (non-hydrogen) atoms. The van der Waals surface area contributed by atoms with Crippen molar-refractivity contribution in [2.75, 3.05) is 6.54 Å². The van der Waals surface area contributed by atoms with Gasteiger partial charge >= 0.3 is 0 Å². The van der Waals surface area contributed by atoms with Gasteiger partial charge in [-0.3, -0.25) is 9.59 Å². The van der Waals surface area contributed by atoms with Crippen molar-refractivity contribution in [1.29, 1.82) is 0 Å². The fourth-order valence-electron chi connectivity index (χ4n) is 1.70. The standard InChI is InChI=1S/C11H21N3O2.ClH/c1-3-11(12,4-2)7-13-10(16)8-5-6-9(15)14-8;/h8H,3-7,12H2,1-2H3,(H,13,16)(H,14,15);1H/t8-;/m0./s1. The highest BCUT2D eigenvalue weighted by molar-refractivity contribution is 5.90. The van der Waals surface area contributed by atoms with E-state index in [4.69, 9.17) is 5.73 Å². The maximum absolute atomic E-state index is 11.7. The van der Waals surface area contributed by atoms with Crippen LogP contribution in [-0.2, 0) is 9.59 Å². The third-order valence-corrected chi connectivity index (χ3v) is 3.33. The van der Waals surface area contributed by atoms with Crippen molar-refractivity contribution in [3.05, 3.63) is 0 Å². The minimum Gasteiger partial charge on any atom is -0.352 e. The Balaban J connectivity index is 0.00000256. The van der Waals surface area contributed by atoms with E-state index in [1.54, 1.807) is 0 Å². The quantitative estimate of drug-likeness (QED) is 0.668. The van der Waals surface area contributed by atoms with E-state index in [9.17, 15) is 9.59 Å². The van der Waals surface area contributed by atoms with Gasteiger partial charge in [0.15, 0.2) is 0 Å². The second kappa shape index (κ2) is 6.81. The van der Waals surface area contributed by atoms with Crippen LogP contribution in [0.4, 0.5) is 0 Å². The Kier molecular flexibility index (Phi) is 6.49. The molecule has 5 nitrogen and oxygen atoms in total. The molecule has 1 heterocycles. The zero-order chi connectivity index (χ0) is 12.2. The number of hydrogen-bond donors (Lipinski definition) is 3. The van der Waals surface area contributed by atoms with Crippen LogP contribution >= 0.6 is 12.4 Å². The van der Waals surface area contributed by atoms with Crippen molar-refractivity contribution >= 4 is 24.2 Å². The molecule has 0 aromatic heterocycles. The number of carbonyl (C=O) groups excluding carboxylic acids is 2. The Hall–Kier alpha value is -0.810. The molecule has 0 aliphatic carbocycles. The van der Waals surface area contributed by atoms with Gasteiger partial charge in [-0.05, 0) is 19.3 Å². The molecule has 1 aliphatic heterocycles. The summed E-state index contributed by atoms with van der Waals surface area (Å²) in [5.41, 5.74) is 5.73. The van der Waals surface area contributed by atoms with E-state index in [1.165, 1.54) is 0 Å². The van der Waals surface area contributed by atoms with Crippen LogP contribution in [0.5, 0.6) is 0 Å². The van der Waals surface area contributed by atoms with E-state index in [-0.39, 0.29) is 35.8 Å². The number of amides is 2. The third kappa shape index (κ3) is 4.52. The van der Waals surface area contributed by atoms with Gasteiger partial charge in [0.25, 0.3) is 0 Å². The highest BCUT2D eigenvalue weighted by atomic mass is 35.5. The van der Waals surface area contributed by atoms with Crippen molar-refractivity contribution in [1.82, 2.24) is 10.6 Å². The van der Waals surface area contributed by atoms with Crippen LogP contribution in [0.2, 0.25) is 0 Å². The Morgan fingerprint density at radius 3 is 2.53 bits per heavy atom. The maximum Gasteiger partial charge on any atom is 0.242 e. The van der Waals surface area contributed by atoms with Gasteiger partial charge in [0.05, 0.1) is 0 Å². The van der Waals surface area contributed by atoms with Crippen LogP contribution in [0.3, 0.4) is 0 Å². The summed E-state index contributed by atoms with van der Waals surface area (Å²) in [6, 6.07) is -0.370. The highest BCUT2D eigenvalue weighted by Crippen LogP contribution is 2.10. The predicted octanol–water partition coefficient (Wildman–Crippen LogP) is 0.320. The average molecular weight is 264 g/mol. The van der Waals surface area contributed by atoms with Crippen molar-refractivity contribution in [2.24, 2.45) is 5.73 Å². The largest absolute Gasteiger partial charge is 0.352 e. The molecule has 0 spiro atoms. The van der Waals surface area contributed by atoms with E-state index >= 15 is 0 Å². The topological polar surface area (TPSA) is 84.2 Å². The van der Waals surface area contributed by atoms with Gasteiger partial charge in [0.1, 0.15) is 6.04 Å². The molecule has 0 saturated carbocycles. The van der Waals surface area contributed by atoms with Crippen LogP contribution in [0, 0.1) is 0 Å². The van der Waals surface area contributed by atoms with Crippen molar-refractivity contribution in [3.63, 3.8) is 0 Å². The molecule has 6 heteroatoms. The molecule has 1 aliphatic rings. The SMILES string of the molecule is CCC(N)(CC)CNC(=O)[C@@H]1CCC(=O)N1.Cl. The highest BCUT2D eigenvalue weighted by Gasteiger charge is 2.28. The van der Waals surface area contributed by atoms with Crippen molar-refractivity contribution in [2.45, 2.75) is 51.1 Å². The second-order valence-corrected chi connectivity index (χ2v) is 4.45. The van der Waals surface area contributed by atoms with E-state index < -0.39 is 0 Å². The molecule has 1 atom stereocenters. The normalized spacial score (nSPS) is 19.5. The maximum atomic E-state index is 11.7. The molecule has 0 radical (unpaired) electrons. The lowest BCUT2D eigenvalue weighted by Crippen LogP contribution is -2.52. The summed E-state index contributed by atoms with van der Waals surface area (Å²) in [6.07, 6.45) is 2.66. The molecular weight excluding hydrogens is 242 g/mol. The van der Waals surface area contributed by atoms with E-state index in [2.05, 4.69) is 10.6 Å². The number of hydrogen-bond acceptors (Lipinski definition) is 3. The molecule has 0 unspecified atom stereocenters. The first-order chi connectivity index (χ1) is 7.50. The molecule has 4 N–H and O–H groups in total. The van der Waals surface area contributed by atoms with Gasteiger partial charge in [-0.25, -0.2) is 0 Å². The lowest BCUT2D eigenvalue weighted by molar-refractivity contribution is -0.125. The molecule has 0 bridgehead atoms. The van der Waals surface area contributed by atoms with E-state index in [1.807, 2.05) is 13.8 Å². The summed E-state index contributed by atoms with van der Waals surface area (Å²) < 4.78 is 0. The Morgan fingerprint density at radius 2 is 2.12 bits per heavy atom. The summed E-state index contributed by atoms with van der Waals surface area (Å²) in [6.45, 7) is 4.48. The molecule has 0 aromatic carbocycles. The lowest BCUT2D eigenvalue weighted by Gasteiger charge is -2.27. The predicted molar refractivity (Wildman–Crippen MR) is 68.9 cm³/mol. The lowest BCUT2D eigenvalue weighted by atomic mass is 9.94. The average Bonchev–Trinajstić information content (AvgIpc) is 2.72. The minimum absolute atomic E-state index is 0. The Morgan fingerprint density at radius 1 is 1.53 bits per heavy atom.